The minimum Gasteiger partial charge on any atom is -0.508 e. The maximum atomic E-state index is 12.3. The van der Waals surface area contributed by atoms with E-state index in [0.29, 0.717) is 24.9 Å². The van der Waals surface area contributed by atoms with Crippen LogP contribution in [0.4, 0.5) is 13.2 Å². The minimum atomic E-state index is -4.48. The van der Waals surface area contributed by atoms with Crippen LogP contribution in [0.2, 0.25) is 0 Å². The van der Waals surface area contributed by atoms with Gasteiger partial charge in [0.05, 0.1) is 6.42 Å². The van der Waals surface area contributed by atoms with Gasteiger partial charge in [-0.05, 0) is 30.5 Å². The smallest absolute Gasteiger partial charge is 0.405 e. The van der Waals surface area contributed by atoms with Crippen LogP contribution in [0.25, 0.3) is 0 Å². The SMILES string of the molecule is O=C(NCC(F)(F)F)[C@H]1CCCN1C(=O)Cc1cccc(O)c1. The molecule has 2 amide bonds. The van der Waals surface area contributed by atoms with E-state index < -0.39 is 24.7 Å². The van der Waals surface area contributed by atoms with Gasteiger partial charge in [-0.2, -0.15) is 13.2 Å². The number of benzene rings is 1. The second kappa shape index (κ2) is 6.89. The Morgan fingerprint density at radius 2 is 2.09 bits per heavy atom. The number of nitrogens with zero attached hydrogens (tertiary/aromatic N) is 1. The lowest BCUT2D eigenvalue weighted by Gasteiger charge is -2.24. The van der Waals surface area contributed by atoms with Gasteiger partial charge < -0.3 is 15.3 Å². The Kier molecular flexibility index (Phi) is 5.12. The van der Waals surface area contributed by atoms with Gasteiger partial charge in [0.1, 0.15) is 18.3 Å². The van der Waals surface area contributed by atoms with Crippen molar-refractivity contribution in [1.82, 2.24) is 10.2 Å². The Morgan fingerprint density at radius 3 is 2.74 bits per heavy atom. The molecule has 0 saturated carbocycles. The van der Waals surface area contributed by atoms with Crippen LogP contribution in [0.15, 0.2) is 24.3 Å². The maximum absolute atomic E-state index is 12.3. The van der Waals surface area contributed by atoms with Crippen molar-refractivity contribution in [2.75, 3.05) is 13.1 Å². The number of nitrogens with one attached hydrogen (secondary N) is 1. The van der Waals surface area contributed by atoms with Gasteiger partial charge in [-0.1, -0.05) is 12.1 Å². The topological polar surface area (TPSA) is 69.6 Å². The Balaban J connectivity index is 1.97. The molecule has 0 unspecified atom stereocenters. The summed E-state index contributed by atoms with van der Waals surface area (Å²) in [6.45, 7) is -1.07. The highest BCUT2D eigenvalue weighted by Crippen LogP contribution is 2.21. The van der Waals surface area contributed by atoms with E-state index in [-0.39, 0.29) is 18.1 Å². The number of likely N-dealkylation sites (tertiary alicyclic amines) is 1. The second-order valence-corrected chi connectivity index (χ2v) is 5.42. The molecular formula is C15H17F3N2O3. The fraction of sp³-hybridized carbons (Fsp3) is 0.467. The normalized spacial score (nSPS) is 18.0. The molecule has 126 valence electrons. The van der Waals surface area contributed by atoms with Crippen molar-refractivity contribution in [3.8, 4) is 5.75 Å². The summed E-state index contributed by atoms with van der Waals surface area (Å²) in [5.74, 6) is -1.11. The number of halogens is 3. The zero-order chi connectivity index (χ0) is 17.0. The van der Waals surface area contributed by atoms with Gasteiger partial charge in [0, 0.05) is 6.54 Å². The molecule has 1 aliphatic heterocycles. The number of phenols is 1. The molecule has 0 aliphatic carbocycles. The highest BCUT2D eigenvalue weighted by Gasteiger charge is 2.36. The van der Waals surface area contributed by atoms with Crippen molar-refractivity contribution in [3.63, 3.8) is 0 Å². The summed E-state index contributed by atoms with van der Waals surface area (Å²) in [5.41, 5.74) is 0.580. The third kappa shape index (κ3) is 4.87. The minimum absolute atomic E-state index is 0.0164. The first-order valence-corrected chi connectivity index (χ1v) is 7.18. The quantitative estimate of drug-likeness (QED) is 0.881. The highest BCUT2D eigenvalue weighted by atomic mass is 19.4. The summed E-state index contributed by atoms with van der Waals surface area (Å²) in [7, 11) is 0. The molecule has 0 radical (unpaired) electrons. The van der Waals surface area contributed by atoms with Gasteiger partial charge in [-0.15, -0.1) is 0 Å². The first-order chi connectivity index (χ1) is 10.8. The van der Waals surface area contributed by atoms with Gasteiger partial charge in [-0.3, -0.25) is 9.59 Å². The number of amides is 2. The van der Waals surface area contributed by atoms with E-state index in [0.717, 1.165) is 0 Å². The summed E-state index contributed by atoms with van der Waals surface area (Å²) in [6, 6.07) is 5.29. The van der Waals surface area contributed by atoms with E-state index >= 15 is 0 Å². The van der Waals surface area contributed by atoms with Gasteiger partial charge in [0.25, 0.3) is 0 Å². The molecule has 0 bridgehead atoms. The lowest BCUT2D eigenvalue weighted by Crippen LogP contribution is -2.48. The van der Waals surface area contributed by atoms with E-state index in [1.807, 2.05) is 5.32 Å². The molecule has 0 spiro atoms. The van der Waals surface area contributed by atoms with Gasteiger partial charge in [-0.25, -0.2) is 0 Å². The van der Waals surface area contributed by atoms with E-state index in [4.69, 9.17) is 0 Å². The van der Waals surface area contributed by atoms with Crippen LogP contribution in [0.5, 0.6) is 5.75 Å². The standard InChI is InChI=1S/C15H17F3N2O3/c16-15(17,18)9-19-14(23)12-5-2-6-20(12)13(22)8-10-3-1-4-11(21)7-10/h1,3-4,7,12,21H,2,5-6,8-9H2,(H,19,23)/t12-/m1/s1. The predicted octanol–water partition coefficient (Wildman–Crippen LogP) is 1.60. The molecule has 1 fully saturated rings. The summed E-state index contributed by atoms with van der Waals surface area (Å²) >= 11 is 0. The summed E-state index contributed by atoms with van der Waals surface area (Å²) in [6.07, 6.45) is -3.59. The van der Waals surface area contributed by atoms with Crippen LogP contribution in [0.1, 0.15) is 18.4 Å². The zero-order valence-electron chi connectivity index (χ0n) is 12.3. The van der Waals surface area contributed by atoms with Crippen molar-refractivity contribution in [1.29, 1.82) is 0 Å². The third-order valence-corrected chi connectivity index (χ3v) is 3.60. The number of hydrogen-bond donors (Lipinski definition) is 2. The van der Waals surface area contributed by atoms with Crippen molar-refractivity contribution in [2.24, 2.45) is 0 Å². The van der Waals surface area contributed by atoms with Gasteiger partial charge >= 0.3 is 6.18 Å². The fourth-order valence-corrected chi connectivity index (χ4v) is 2.59. The van der Waals surface area contributed by atoms with Crippen LogP contribution in [-0.2, 0) is 16.0 Å². The Morgan fingerprint density at radius 1 is 1.35 bits per heavy atom. The Hall–Kier alpha value is -2.25. The molecule has 1 atom stereocenters. The van der Waals surface area contributed by atoms with E-state index in [2.05, 4.69) is 0 Å². The van der Waals surface area contributed by atoms with Crippen LogP contribution in [0.3, 0.4) is 0 Å². The molecule has 2 rings (SSSR count). The molecule has 2 N–H and O–H groups in total. The molecule has 0 aromatic heterocycles. The molecule has 1 aromatic carbocycles. The molecule has 1 saturated heterocycles. The molecule has 1 aliphatic rings. The van der Waals surface area contributed by atoms with Crippen LogP contribution >= 0.6 is 0 Å². The Bertz CT molecular complexity index is 590. The zero-order valence-corrected chi connectivity index (χ0v) is 12.3. The van der Waals surface area contributed by atoms with Crippen LogP contribution < -0.4 is 5.32 Å². The fourth-order valence-electron chi connectivity index (χ4n) is 2.59. The number of hydrogen-bond acceptors (Lipinski definition) is 3. The Labute approximate surface area is 131 Å². The third-order valence-electron chi connectivity index (χ3n) is 3.60. The average molecular weight is 330 g/mol. The summed E-state index contributed by atoms with van der Waals surface area (Å²) in [4.78, 5) is 25.5. The lowest BCUT2D eigenvalue weighted by molar-refractivity contribution is -0.144. The monoisotopic (exact) mass is 330 g/mol. The van der Waals surface area contributed by atoms with Crippen LogP contribution in [0, 0.1) is 0 Å². The second-order valence-electron chi connectivity index (χ2n) is 5.42. The number of alkyl halides is 3. The van der Waals surface area contributed by atoms with Gasteiger partial charge in [0.2, 0.25) is 11.8 Å². The molecule has 23 heavy (non-hydrogen) atoms. The van der Waals surface area contributed by atoms with Crippen molar-refractivity contribution in [2.45, 2.75) is 31.5 Å². The van der Waals surface area contributed by atoms with Crippen molar-refractivity contribution >= 4 is 11.8 Å². The van der Waals surface area contributed by atoms with E-state index in [9.17, 15) is 27.9 Å². The number of rotatable bonds is 4. The lowest BCUT2D eigenvalue weighted by atomic mass is 10.1. The van der Waals surface area contributed by atoms with Crippen molar-refractivity contribution < 1.29 is 27.9 Å². The highest BCUT2D eigenvalue weighted by molar-refractivity contribution is 5.89. The summed E-state index contributed by atoms with van der Waals surface area (Å²) in [5, 5.41) is 11.2. The first-order valence-electron chi connectivity index (χ1n) is 7.18. The molecular weight excluding hydrogens is 313 g/mol. The predicted molar refractivity (Wildman–Crippen MR) is 75.6 cm³/mol. The molecule has 8 heteroatoms. The number of aromatic hydroxyl groups is 1. The molecule has 5 nitrogen and oxygen atoms in total. The number of phenolic OH excluding ortho intramolecular Hbond substituents is 1. The largest absolute Gasteiger partial charge is 0.508 e. The molecule has 1 heterocycles. The number of carbonyl (C=O) groups excluding carboxylic acids is 2. The summed E-state index contributed by atoms with van der Waals surface area (Å²) < 4.78 is 36.5. The van der Waals surface area contributed by atoms with E-state index in [1.165, 1.54) is 17.0 Å². The average Bonchev–Trinajstić information content (AvgIpc) is 2.93. The first kappa shape index (κ1) is 17.1. The van der Waals surface area contributed by atoms with Crippen molar-refractivity contribution in [3.05, 3.63) is 29.8 Å². The van der Waals surface area contributed by atoms with Crippen LogP contribution in [-0.4, -0.2) is 47.1 Å². The van der Waals surface area contributed by atoms with Gasteiger partial charge in [0.15, 0.2) is 0 Å². The van der Waals surface area contributed by atoms with E-state index in [1.54, 1.807) is 12.1 Å². The maximum Gasteiger partial charge on any atom is 0.405 e. The number of carbonyl (C=O) groups is 2. The molecule has 1 aromatic rings.